The number of allylic oxidation sites excluding steroid dienone is 26. The molecule has 0 aliphatic heterocycles. The number of hydrogen-bond acceptors (Lipinski definition) is 14. The maximum Gasteiger partial charge on any atom is 0.472 e. The predicted octanol–water partition coefficient (Wildman–Crippen LogP) is 26.5. The van der Waals surface area contributed by atoms with Gasteiger partial charge in [0.05, 0.1) is 26.4 Å². The molecule has 18 heteroatoms. The lowest BCUT2D eigenvalue weighted by atomic mass is 10.0. The Bertz CT molecular complexity index is 2650. The van der Waals surface area contributed by atoms with Crippen LogP contribution in [0.2, 0.25) is 0 Å². The van der Waals surface area contributed by atoms with Crippen LogP contribution in [0.3, 0.4) is 0 Å². The normalized spacial score (nSPS) is 14.6. The Kier molecular flexibility index (Phi) is 80.9. The van der Waals surface area contributed by atoms with Crippen molar-refractivity contribution in [1.29, 1.82) is 0 Å². The van der Waals surface area contributed by atoms with Gasteiger partial charge >= 0.3 is 33.6 Å². The topological polar surface area (TPSA) is 231 Å². The molecule has 5 atom stereocenters. The second kappa shape index (κ2) is 84.6. The van der Waals surface area contributed by atoms with Gasteiger partial charge in [-0.25, -0.2) is 9.13 Å². The predicted molar refractivity (Wildman–Crippen MR) is 463 cm³/mol. The maximum absolute atomic E-state index is 13.1. The highest BCUT2D eigenvalue weighted by molar-refractivity contribution is 7.47. The second-order valence-electron chi connectivity index (χ2n) is 29.0. The average molecular weight is 1590 g/mol. The van der Waals surface area contributed by atoms with Crippen molar-refractivity contribution in [3.63, 3.8) is 0 Å². The molecule has 0 aromatic heterocycles. The number of aliphatic hydroxyl groups excluding tert-OH is 2. The smallest absolute Gasteiger partial charge is 0.463 e. The van der Waals surface area contributed by atoms with Gasteiger partial charge in [-0.15, -0.1) is 0 Å². The highest BCUT2D eigenvalue weighted by atomic mass is 31.2. The molecule has 0 rings (SSSR count). The van der Waals surface area contributed by atoms with Crippen LogP contribution in [0.5, 0.6) is 0 Å². The SMILES string of the molecule is CC/C=C\C/C=C\C/C=C\C/C=C\C/C=C\CCCCCCCCCCCCCC(=O)OCC(O)COP(=O)(O)OCC(O)COP(=O)(O)OCC(COC(=O)CCCCCCCCCCC/C=C\C/C=C\C/C=C\C/C=C\CCCCC)OC(=O)CCCCCCCCC/C=C\C/C=C\C/C=C\C/C=C\CCCCC. The first kappa shape index (κ1) is 106. The molecule has 0 saturated carbocycles. The molecule has 0 aromatic rings. The zero-order valence-electron chi connectivity index (χ0n) is 69.8. The monoisotopic (exact) mass is 1590 g/mol. The van der Waals surface area contributed by atoms with Crippen molar-refractivity contribution >= 4 is 33.6 Å². The van der Waals surface area contributed by atoms with Gasteiger partial charge in [0, 0.05) is 19.3 Å². The Hall–Kier alpha value is -4.83. The molecule has 0 bridgehead atoms. The highest BCUT2D eigenvalue weighted by Gasteiger charge is 2.29. The first-order valence-corrected chi connectivity index (χ1v) is 46.8. The first-order chi connectivity index (χ1) is 54.2. The van der Waals surface area contributed by atoms with Gasteiger partial charge in [-0.05, 0) is 154 Å². The third kappa shape index (κ3) is 85.9. The second-order valence-corrected chi connectivity index (χ2v) is 31.9. The van der Waals surface area contributed by atoms with E-state index in [2.05, 4.69) is 179 Å². The van der Waals surface area contributed by atoms with Crippen LogP contribution in [0.1, 0.15) is 355 Å². The standard InChI is InChI=1S/C93H158O16P2/c1-4-7-10-13-16-19-22-25-28-31-34-37-40-42-43-45-48-49-52-55-58-61-64-67-70-73-76-79-91(96)103-82-88(94)83-105-110(99,100)106-84-89(95)85-107-111(101,102)108-87-90(109-93(98)81-78-75-72-69-66-63-60-57-54-51-46-39-36-33-30-27-24-21-18-15-12-9-6-3)86-104-92(97)80-77-74-71-68-65-62-59-56-53-50-47-44-41-38-35-32-29-26-23-20-17-14-11-8-5-2/h7,10,16-21,25-30,34-39,42-44,47,51,54,88-90,94-95H,4-6,8-9,11-15,22-24,31-33,40-41,45-46,48-50,52-53,55-87H2,1-3H3,(H,99,100)(H,101,102)/b10-7-,19-16-,20-17-,21-18-,28-25-,29-26-,30-27-,37-34-,38-35-,39-36-,43-42-,47-44-,54-51-. The van der Waals surface area contributed by atoms with E-state index >= 15 is 0 Å². The number of hydrogen-bond donors (Lipinski definition) is 4. The van der Waals surface area contributed by atoms with E-state index in [0.717, 1.165) is 173 Å². The number of carbonyl (C=O) groups is 3. The molecule has 0 amide bonds. The minimum Gasteiger partial charge on any atom is -0.463 e. The third-order valence-electron chi connectivity index (χ3n) is 18.2. The van der Waals surface area contributed by atoms with Crippen LogP contribution in [0, 0.1) is 0 Å². The number of unbranched alkanes of at least 4 members (excludes halogenated alkanes) is 33. The van der Waals surface area contributed by atoms with Crippen LogP contribution in [-0.4, -0.2) is 95.9 Å². The number of esters is 3. The fourth-order valence-electron chi connectivity index (χ4n) is 11.6. The Morgan fingerprint density at radius 2 is 0.477 bits per heavy atom. The zero-order valence-corrected chi connectivity index (χ0v) is 71.6. The molecule has 0 heterocycles. The number of phosphoric ester groups is 2. The summed E-state index contributed by atoms with van der Waals surface area (Å²) in [5.41, 5.74) is 0. The fraction of sp³-hybridized carbons (Fsp3) is 0.688. The van der Waals surface area contributed by atoms with Gasteiger partial charge in [0.1, 0.15) is 25.4 Å². The van der Waals surface area contributed by atoms with Crippen LogP contribution in [0.15, 0.2) is 158 Å². The van der Waals surface area contributed by atoms with Crippen LogP contribution >= 0.6 is 15.6 Å². The van der Waals surface area contributed by atoms with Crippen LogP contribution in [0.4, 0.5) is 0 Å². The molecule has 16 nitrogen and oxygen atoms in total. The molecule has 4 N–H and O–H groups in total. The Balaban J connectivity index is 4.68. The number of ether oxygens (including phenoxy) is 3. The first-order valence-electron chi connectivity index (χ1n) is 43.8. The van der Waals surface area contributed by atoms with Crippen LogP contribution in [-0.2, 0) is 55.8 Å². The molecule has 0 aliphatic rings. The largest absolute Gasteiger partial charge is 0.472 e. The molecular formula is C93H158O16P2. The minimum absolute atomic E-state index is 0.0867. The van der Waals surface area contributed by atoms with Gasteiger partial charge in [0.15, 0.2) is 6.10 Å². The van der Waals surface area contributed by atoms with Gasteiger partial charge in [-0.3, -0.25) is 32.5 Å². The van der Waals surface area contributed by atoms with E-state index in [-0.39, 0.29) is 19.3 Å². The quantitative estimate of drug-likeness (QED) is 0.0146. The summed E-state index contributed by atoms with van der Waals surface area (Å²) in [7, 11) is -9.82. The van der Waals surface area contributed by atoms with Crippen molar-refractivity contribution in [3.05, 3.63) is 158 Å². The molecule has 0 aliphatic carbocycles. The van der Waals surface area contributed by atoms with Crippen LogP contribution in [0.25, 0.3) is 0 Å². The van der Waals surface area contributed by atoms with Crippen molar-refractivity contribution in [2.45, 2.75) is 373 Å². The number of carbonyl (C=O) groups excluding carboxylic acids is 3. The summed E-state index contributed by atoms with van der Waals surface area (Å²) in [5, 5.41) is 20.7. The average Bonchev–Trinajstić information content (AvgIpc) is 0.897. The highest BCUT2D eigenvalue weighted by Crippen LogP contribution is 2.45. The molecule has 0 spiro atoms. The fourth-order valence-corrected chi connectivity index (χ4v) is 13.2. The van der Waals surface area contributed by atoms with E-state index in [1.54, 1.807) is 0 Å². The van der Waals surface area contributed by atoms with E-state index in [4.69, 9.17) is 32.3 Å². The van der Waals surface area contributed by atoms with E-state index < -0.39 is 91.5 Å². The molecule has 111 heavy (non-hydrogen) atoms. The van der Waals surface area contributed by atoms with Crippen molar-refractivity contribution < 1.29 is 75.8 Å². The summed E-state index contributed by atoms with van der Waals surface area (Å²) >= 11 is 0. The number of phosphoric acid groups is 2. The lowest BCUT2D eigenvalue weighted by Gasteiger charge is -2.21. The summed E-state index contributed by atoms with van der Waals surface area (Å²) in [5.74, 6) is -1.59. The Labute approximate surface area is 676 Å². The van der Waals surface area contributed by atoms with Crippen molar-refractivity contribution in [2.24, 2.45) is 0 Å². The summed E-state index contributed by atoms with van der Waals surface area (Å²) < 4.78 is 61.4. The lowest BCUT2D eigenvalue weighted by molar-refractivity contribution is -0.161. The number of aliphatic hydroxyl groups is 2. The third-order valence-corrected chi connectivity index (χ3v) is 20.1. The summed E-state index contributed by atoms with van der Waals surface area (Å²) in [6.45, 7) is 2.52. The lowest BCUT2D eigenvalue weighted by Crippen LogP contribution is -2.30. The van der Waals surface area contributed by atoms with E-state index in [1.165, 1.54) is 122 Å². The van der Waals surface area contributed by atoms with Crippen LogP contribution < -0.4 is 0 Å². The molecular weight excluding hydrogens is 1430 g/mol. The van der Waals surface area contributed by atoms with Crippen molar-refractivity contribution in [2.75, 3.05) is 39.6 Å². The maximum atomic E-state index is 13.1. The molecule has 0 saturated heterocycles. The molecule has 5 unspecified atom stereocenters. The molecule has 0 fully saturated rings. The molecule has 636 valence electrons. The van der Waals surface area contributed by atoms with Crippen molar-refractivity contribution in [3.8, 4) is 0 Å². The van der Waals surface area contributed by atoms with Crippen molar-refractivity contribution in [1.82, 2.24) is 0 Å². The summed E-state index contributed by atoms with van der Waals surface area (Å²) in [4.78, 5) is 58.9. The van der Waals surface area contributed by atoms with E-state index in [1.807, 2.05) is 0 Å². The van der Waals surface area contributed by atoms with Gasteiger partial charge in [-0.2, -0.15) is 0 Å². The summed E-state index contributed by atoms with van der Waals surface area (Å²) in [6.07, 6.45) is 107. The number of rotatable bonds is 82. The van der Waals surface area contributed by atoms with Gasteiger partial charge in [0.2, 0.25) is 0 Å². The Morgan fingerprint density at radius 3 is 0.757 bits per heavy atom. The molecule has 0 radical (unpaired) electrons. The summed E-state index contributed by atoms with van der Waals surface area (Å²) in [6, 6.07) is 0. The Morgan fingerprint density at radius 1 is 0.261 bits per heavy atom. The zero-order chi connectivity index (χ0) is 80.8. The van der Waals surface area contributed by atoms with E-state index in [9.17, 15) is 43.5 Å². The van der Waals surface area contributed by atoms with Gasteiger partial charge < -0.3 is 34.2 Å². The van der Waals surface area contributed by atoms with E-state index in [0.29, 0.717) is 19.3 Å². The van der Waals surface area contributed by atoms with Gasteiger partial charge in [0.25, 0.3) is 0 Å². The van der Waals surface area contributed by atoms with Gasteiger partial charge in [-0.1, -0.05) is 339 Å². The minimum atomic E-state index is -4.95. The molecule has 0 aromatic carbocycles.